The third kappa shape index (κ3) is 6.63. The molecule has 13 heavy (non-hydrogen) atoms. The summed E-state index contributed by atoms with van der Waals surface area (Å²) in [5.41, 5.74) is 0. The number of nitriles is 2. The fourth-order valence-electron chi connectivity index (χ4n) is 0.228. The molecule has 0 heterocycles. The van der Waals surface area contributed by atoms with Crippen molar-refractivity contribution in [3.8, 4) is 11.7 Å². The van der Waals surface area contributed by atoms with E-state index in [4.69, 9.17) is 10.5 Å². The van der Waals surface area contributed by atoms with Crippen molar-refractivity contribution in [2.45, 2.75) is 0 Å². The Bertz CT molecular complexity index is 354. The van der Waals surface area contributed by atoms with Crippen LogP contribution in [0.5, 0.6) is 0 Å². The van der Waals surface area contributed by atoms with Gasteiger partial charge in [0.1, 0.15) is 5.16 Å². The number of thiocyanates is 1. The average molecular weight is 215 g/mol. The molecule has 0 radical (unpaired) electrons. The van der Waals surface area contributed by atoms with Gasteiger partial charge in [-0.25, -0.2) is 9.63 Å². The first kappa shape index (κ1) is 11.2. The summed E-state index contributed by atoms with van der Waals surface area (Å²) in [6.45, 7) is 0. The Morgan fingerprint density at radius 2 is 2.31 bits per heavy atom. The van der Waals surface area contributed by atoms with Crippen LogP contribution in [0.1, 0.15) is 0 Å². The Labute approximate surface area is 80.1 Å². The number of nitrogens with zero attached hydrogens (tertiary/aromatic N) is 4. The minimum Gasteiger partial charge on any atom is -0.327 e. The van der Waals surface area contributed by atoms with Gasteiger partial charge in [0.25, 0.3) is 6.08 Å². The molecule has 0 aromatic carbocycles. The number of hydrazone groups is 1. The minimum atomic E-state index is -1.49. The molecule has 0 aliphatic rings. The maximum atomic E-state index is 9.75. The van der Waals surface area contributed by atoms with Gasteiger partial charge in [0.05, 0.1) is 11.9 Å². The fraction of sp³-hybridized carbons (Fsp3) is 0. The average Bonchev–Trinajstić information content (AvgIpc) is 2.13. The van der Waals surface area contributed by atoms with Crippen LogP contribution in [0.25, 0.3) is 0 Å². The minimum absolute atomic E-state index is 0.638. The van der Waals surface area contributed by atoms with E-state index in [1.54, 1.807) is 5.40 Å². The first-order valence-electron chi connectivity index (χ1n) is 2.49. The Morgan fingerprint density at radius 3 is 2.85 bits per heavy atom. The Hall–Kier alpha value is -1.76. The lowest BCUT2D eigenvalue weighted by molar-refractivity contribution is 0.564. The van der Waals surface area contributed by atoms with Gasteiger partial charge < -0.3 is 4.18 Å². The predicted octanol–water partition coefficient (Wildman–Crippen LogP) is 0.458. The van der Waals surface area contributed by atoms with Crippen LogP contribution in [0.2, 0.25) is 0 Å². The fourth-order valence-corrected chi connectivity index (χ4v) is 0.795. The molecular formula is C4HN5O2S2. The molecule has 66 valence electrons. The number of isocyanates is 1. The van der Waals surface area contributed by atoms with Crippen molar-refractivity contribution in [3.05, 3.63) is 0 Å². The predicted molar refractivity (Wildman–Crippen MR) is 46.2 cm³/mol. The largest absolute Gasteiger partial charge is 0.327 e. The van der Waals surface area contributed by atoms with Crippen molar-refractivity contribution < 1.29 is 8.98 Å². The van der Waals surface area contributed by atoms with Gasteiger partial charge in [0, 0.05) is 0 Å². The summed E-state index contributed by atoms with van der Waals surface area (Å²) in [6.07, 6.45) is 2.49. The Balaban J connectivity index is 4.36. The quantitative estimate of drug-likeness (QED) is 0.139. The molecule has 0 fully saturated rings. The maximum absolute atomic E-state index is 9.75. The molecule has 0 spiro atoms. The molecule has 0 aromatic rings. The van der Waals surface area contributed by atoms with Crippen molar-refractivity contribution in [1.82, 2.24) is 4.83 Å². The lowest BCUT2D eigenvalue weighted by Crippen LogP contribution is -1.86. The van der Waals surface area contributed by atoms with E-state index in [0.29, 0.717) is 11.9 Å². The standard InChI is InChI=1S/C4HN5O2S2/c5-1-11-13(8-3-10)4-7-9-12-2-6/h9H. The number of hydrogen-bond acceptors (Lipinski definition) is 8. The summed E-state index contributed by atoms with van der Waals surface area (Å²) < 4.78 is 7.28. The molecule has 1 N–H and O–H groups in total. The van der Waals surface area contributed by atoms with E-state index in [9.17, 15) is 4.79 Å². The van der Waals surface area contributed by atoms with Crippen LogP contribution in [0, 0.1) is 22.2 Å². The third-order valence-electron chi connectivity index (χ3n) is 0.497. The van der Waals surface area contributed by atoms with E-state index >= 15 is 0 Å². The lowest BCUT2D eigenvalue weighted by atomic mass is 11.6. The van der Waals surface area contributed by atoms with Crippen LogP contribution in [-0.4, -0.2) is 11.2 Å². The third-order valence-corrected chi connectivity index (χ3v) is 1.49. The van der Waals surface area contributed by atoms with Gasteiger partial charge in [-0.2, -0.15) is 5.26 Å². The highest BCUT2D eigenvalue weighted by Crippen LogP contribution is 2.10. The molecule has 1 atom stereocenters. The molecular weight excluding hydrogens is 214 g/mol. The number of nitrogens with one attached hydrogen (secondary N) is 1. The van der Waals surface area contributed by atoms with Crippen molar-refractivity contribution in [2.75, 3.05) is 0 Å². The smallest absolute Gasteiger partial charge is 0.301 e. The monoisotopic (exact) mass is 215 g/mol. The van der Waals surface area contributed by atoms with Crippen LogP contribution in [0.4, 0.5) is 0 Å². The van der Waals surface area contributed by atoms with E-state index in [2.05, 4.69) is 23.7 Å². The van der Waals surface area contributed by atoms with E-state index in [1.807, 2.05) is 0 Å². The Kier molecular flexibility index (Phi) is 7.21. The van der Waals surface area contributed by atoms with Gasteiger partial charge >= 0.3 is 6.26 Å². The number of isothiocyanates is 1. The Morgan fingerprint density at radius 1 is 1.54 bits per heavy atom. The second-order valence-corrected chi connectivity index (χ2v) is 2.69. The highest BCUT2D eigenvalue weighted by atomic mass is 32.2. The number of carbonyl (C=O) groups excluding carboxylic acids is 1. The molecule has 7 nitrogen and oxygen atoms in total. The normalized spacial score (nSPS) is 9.08. The first-order valence-corrected chi connectivity index (χ1v) is 4.41. The van der Waals surface area contributed by atoms with Gasteiger partial charge in [0.15, 0.2) is 5.40 Å². The zero-order chi connectivity index (χ0) is 9.94. The lowest BCUT2D eigenvalue weighted by Gasteiger charge is -1.86. The second-order valence-electron chi connectivity index (χ2n) is 1.09. The molecule has 0 saturated carbocycles. The van der Waals surface area contributed by atoms with Gasteiger partial charge in [0.2, 0.25) is 11.0 Å². The van der Waals surface area contributed by atoms with Gasteiger partial charge in [-0.3, -0.25) is 0 Å². The van der Waals surface area contributed by atoms with E-state index in [0.717, 1.165) is 0 Å². The highest BCUT2D eigenvalue weighted by molar-refractivity contribution is 8.09. The van der Waals surface area contributed by atoms with Crippen LogP contribution in [0.15, 0.2) is 9.50 Å². The van der Waals surface area contributed by atoms with Crippen LogP contribution >= 0.6 is 22.9 Å². The molecule has 0 saturated heterocycles. The molecule has 9 heteroatoms. The van der Waals surface area contributed by atoms with Crippen molar-refractivity contribution in [3.63, 3.8) is 0 Å². The number of rotatable bonds is 4. The summed E-state index contributed by atoms with van der Waals surface area (Å²) in [5.74, 6) is 0. The van der Waals surface area contributed by atoms with Crippen LogP contribution in [0.3, 0.4) is 0 Å². The van der Waals surface area contributed by atoms with Gasteiger partial charge in [-0.15, -0.1) is 10.4 Å². The SMILES string of the molecule is N#COS(=C=NNSC#N)N=C=O. The zero-order valence-corrected chi connectivity index (χ0v) is 7.55. The van der Waals surface area contributed by atoms with Gasteiger partial charge in [-0.05, 0) is 0 Å². The summed E-state index contributed by atoms with van der Waals surface area (Å²) in [4.78, 5) is 11.9. The topological polar surface area (TPSA) is 111 Å². The van der Waals surface area contributed by atoms with E-state index in [1.165, 1.54) is 12.3 Å². The van der Waals surface area contributed by atoms with Crippen molar-refractivity contribution >= 4 is 34.1 Å². The zero-order valence-electron chi connectivity index (χ0n) is 5.92. The maximum Gasteiger partial charge on any atom is 0.301 e. The number of hydrogen-bond donors (Lipinski definition) is 1. The molecule has 0 bridgehead atoms. The molecule has 0 rings (SSSR count). The first-order chi connectivity index (χ1) is 6.35. The summed E-state index contributed by atoms with van der Waals surface area (Å²) in [6, 6.07) is 0. The van der Waals surface area contributed by atoms with E-state index < -0.39 is 11.0 Å². The molecule has 0 aliphatic heterocycles. The van der Waals surface area contributed by atoms with Crippen molar-refractivity contribution in [2.24, 2.45) is 9.50 Å². The summed E-state index contributed by atoms with van der Waals surface area (Å²) >= 11 is 0.638. The van der Waals surface area contributed by atoms with Crippen LogP contribution in [-0.2, 0) is 8.98 Å². The van der Waals surface area contributed by atoms with Crippen LogP contribution < -0.4 is 4.83 Å². The van der Waals surface area contributed by atoms with Crippen molar-refractivity contribution in [1.29, 1.82) is 10.5 Å². The van der Waals surface area contributed by atoms with Gasteiger partial charge in [-0.1, -0.05) is 4.40 Å². The summed E-state index contributed by atoms with van der Waals surface area (Å²) in [5, 5.41) is 23.2. The van der Waals surface area contributed by atoms with E-state index in [-0.39, 0.29) is 0 Å². The highest BCUT2D eigenvalue weighted by Gasteiger charge is 1.88. The molecule has 0 aliphatic carbocycles. The molecule has 0 aromatic heterocycles. The summed E-state index contributed by atoms with van der Waals surface area (Å²) in [7, 11) is -1.49. The molecule has 1 unspecified atom stereocenters. The second kappa shape index (κ2) is 8.34. The molecule has 0 amide bonds.